The van der Waals surface area contributed by atoms with Crippen LogP contribution in [0.4, 0.5) is 0 Å². The average Bonchev–Trinajstić information content (AvgIpc) is 2.46. The molecular formula is C16H15ClO2. The molecule has 0 unspecified atom stereocenters. The summed E-state index contributed by atoms with van der Waals surface area (Å²) in [6.07, 6.45) is 0.790. The third-order valence-corrected chi connectivity index (χ3v) is 3.24. The lowest BCUT2D eigenvalue weighted by Gasteiger charge is -2.07. The van der Waals surface area contributed by atoms with Crippen molar-refractivity contribution in [2.45, 2.75) is 20.0 Å². The zero-order valence-electron chi connectivity index (χ0n) is 10.7. The molecule has 2 nitrogen and oxygen atoms in total. The van der Waals surface area contributed by atoms with E-state index in [0.717, 1.165) is 17.5 Å². The van der Waals surface area contributed by atoms with E-state index in [-0.39, 0.29) is 12.6 Å². The lowest BCUT2D eigenvalue weighted by atomic mass is 10.1. The van der Waals surface area contributed by atoms with Crippen LogP contribution in [0, 0.1) is 0 Å². The number of carbonyl (C=O) groups excluding carboxylic acids is 1. The molecule has 98 valence electrons. The maximum Gasteiger partial charge on any atom is 0.338 e. The molecular weight excluding hydrogens is 260 g/mol. The molecule has 0 bridgehead atoms. The third-order valence-electron chi connectivity index (χ3n) is 2.88. The first kappa shape index (κ1) is 13.6. The van der Waals surface area contributed by atoms with Gasteiger partial charge in [0.05, 0.1) is 5.56 Å². The number of halogens is 1. The maximum absolute atomic E-state index is 11.9. The second kappa shape index (κ2) is 6.39. The van der Waals surface area contributed by atoms with Gasteiger partial charge in [-0.2, -0.15) is 0 Å². The Kier molecular flexibility index (Phi) is 4.58. The lowest BCUT2D eigenvalue weighted by Crippen LogP contribution is -2.05. The Morgan fingerprint density at radius 2 is 1.89 bits per heavy atom. The van der Waals surface area contributed by atoms with Crippen LogP contribution in [-0.2, 0) is 17.8 Å². The number of benzene rings is 2. The van der Waals surface area contributed by atoms with Gasteiger partial charge < -0.3 is 4.74 Å². The van der Waals surface area contributed by atoms with E-state index >= 15 is 0 Å². The van der Waals surface area contributed by atoms with E-state index < -0.39 is 0 Å². The van der Waals surface area contributed by atoms with Gasteiger partial charge in [0, 0.05) is 5.02 Å². The Hall–Kier alpha value is -1.80. The number of ether oxygens (including phenoxy) is 1. The van der Waals surface area contributed by atoms with E-state index in [4.69, 9.17) is 16.3 Å². The van der Waals surface area contributed by atoms with Gasteiger partial charge in [-0.15, -0.1) is 0 Å². The van der Waals surface area contributed by atoms with E-state index in [1.165, 1.54) is 0 Å². The first-order valence-corrected chi connectivity index (χ1v) is 6.58. The molecule has 0 aliphatic rings. The van der Waals surface area contributed by atoms with Crippen molar-refractivity contribution in [2.75, 3.05) is 0 Å². The molecule has 2 aromatic carbocycles. The first-order valence-electron chi connectivity index (χ1n) is 6.20. The predicted molar refractivity (Wildman–Crippen MR) is 76.4 cm³/mol. The van der Waals surface area contributed by atoms with Gasteiger partial charge in [0.2, 0.25) is 0 Å². The summed E-state index contributed by atoms with van der Waals surface area (Å²) in [4.78, 5) is 11.9. The van der Waals surface area contributed by atoms with Crippen molar-refractivity contribution in [3.05, 3.63) is 70.2 Å². The molecule has 0 aromatic heterocycles. The van der Waals surface area contributed by atoms with Crippen molar-refractivity contribution >= 4 is 17.6 Å². The lowest BCUT2D eigenvalue weighted by molar-refractivity contribution is 0.0472. The molecule has 2 aromatic rings. The molecule has 0 aliphatic heterocycles. The number of rotatable bonds is 4. The summed E-state index contributed by atoms with van der Waals surface area (Å²) in [5, 5.41) is 0.683. The van der Waals surface area contributed by atoms with Crippen molar-refractivity contribution in [3.8, 4) is 0 Å². The smallest absolute Gasteiger partial charge is 0.338 e. The maximum atomic E-state index is 11.9. The molecule has 0 atom stereocenters. The summed E-state index contributed by atoms with van der Waals surface area (Å²) in [6.45, 7) is 2.28. The minimum atomic E-state index is -0.324. The van der Waals surface area contributed by atoms with Crippen LogP contribution in [0.1, 0.15) is 28.4 Å². The van der Waals surface area contributed by atoms with E-state index in [1.54, 1.807) is 18.2 Å². The van der Waals surface area contributed by atoms with Gasteiger partial charge in [0.25, 0.3) is 0 Å². The van der Waals surface area contributed by atoms with E-state index in [0.29, 0.717) is 10.6 Å². The van der Waals surface area contributed by atoms with Crippen LogP contribution in [0.25, 0.3) is 0 Å². The van der Waals surface area contributed by atoms with Crippen LogP contribution in [0.15, 0.2) is 48.5 Å². The topological polar surface area (TPSA) is 26.3 Å². The fourth-order valence-corrected chi connectivity index (χ4v) is 2.03. The number of hydrogen-bond acceptors (Lipinski definition) is 2. The highest BCUT2D eigenvalue weighted by atomic mass is 35.5. The highest BCUT2D eigenvalue weighted by molar-refractivity contribution is 6.31. The highest BCUT2D eigenvalue weighted by Gasteiger charge is 2.09. The summed E-state index contributed by atoms with van der Waals surface area (Å²) in [6, 6.07) is 14.8. The van der Waals surface area contributed by atoms with Gasteiger partial charge in [-0.3, -0.25) is 0 Å². The molecule has 0 saturated carbocycles. The standard InChI is InChI=1S/C16H15ClO2/c1-2-13-10-14(8-9-15(13)17)16(18)19-11-12-6-4-3-5-7-12/h3-10H,2,11H2,1H3. The number of hydrogen-bond donors (Lipinski definition) is 0. The minimum absolute atomic E-state index is 0.282. The van der Waals surface area contributed by atoms with E-state index in [9.17, 15) is 4.79 Å². The van der Waals surface area contributed by atoms with Crippen LogP contribution in [-0.4, -0.2) is 5.97 Å². The Balaban J connectivity index is 2.04. The van der Waals surface area contributed by atoms with Gasteiger partial charge >= 0.3 is 5.97 Å². The molecule has 0 saturated heterocycles. The third kappa shape index (κ3) is 3.58. The van der Waals surface area contributed by atoms with Crippen LogP contribution < -0.4 is 0 Å². The molecule has 0 aliphatic carbocycles. The first-order chi connectivity index (χ1) is 9.20. The van der Waals surface area contributed by atoms with Crippen molar-refractivity contribution in [1.29, 1.82) is 0 Å². The Morgan fingerprint density at radius 3 is 2.58 bits per heavy atom. The Labute approximate surface area is 118 Å². The summed E-state index contributed by atoms with van der Waals surface area (Å²) in [5.74, 6) is -0.324. The fourth-order valence-electron chi connectivity index (χ4n) is 1.78. The summed E-state index contributed by atoms with van der Waals surface area (Å²) >= 11 is 6.02. The van der Waals surface area contributed by atoms with Crippen LogP contribution in [0.3, 0.4) is 0 Å². The molecule has 0 amide bonds. The number of aryl methyl sites for hydroxylation is 1. The summed E-state index contributed by atoms with van der Waals surface area (Å²) < 4.78 is 5.27. The van der Waals surface area contributed by atoms with Crippen molar-refractivity contribution in [1.82, 2.24) is 0 Å². The van der Waals surface area contributed by atoms with Gasteiger partial charge in [-0.05, 0) is 35.7 Å². The Morgan fingerprint density at radius 1 is 1.16 bits per heavy atom. The largest absolute Gasteiger partial charge is 0.457 e. The summed E-state index contributed by atoms with van der Waals surface area (Å²) in [7, 11) is 0. The molecule has 2 rings (SSSR count). The van der Waals surface area contributed by atoms with Crippen molar-refractivity contribution < 1.29 is 9.53 Å². The number of carbonyl (C=O) groups is 1. The van der Waals surface area contributed by atoms with Crippen molar-refractivity contribution in [3.63, 3.8) is 0 Å². The molecule has 0 N–H and O–H groups in total. The van der Waals surface area contributed by atoms with Crippen LogP contribution in [0.5, 0.6) is 0 Å². The number of esters is 1. The second-order valence-corrected chi connectivity index (χ2v) is 4.63. The molecule has 19 heavy (non-hydrogen) atoms. The van der Waals surface area contributed by atoms with Gasteiger partial charge in [0.1, 0.15) is 6.61 Å². The molecule has 0 radical (unpaired) electrons. The predicted octanol–water partition coefficient (Wildman–Crippen LogP) is 4.26. The normalized spacial score (nSPS) is 10.2. The molecule has 3 heteroatoms. The van der Waals surface area contributed by atoms with Gasteiger partial charge in [0.15, 0.2) is 0 Å². The second-order valence-electron chi connectivity index (χ2n) is 4.22. The average molecular weight is 275 g/mol. The molecule has 0 spiro atoms. The Bertz CT molecular complexity index is 564. The zero-order valence-corrected chi connectivity index (χ0v) is 11.5. The van der Waals surface area contributed by atoms with Crippen LogP contribution in [0.2, 0.25) is 5.02 Å². The molecule has 0 heterocycles. The highest BCUT2D eigenvalue weighted by Crippen LogP contribution is 2.19. The van der Waals surface area contributed by atoms with Gasteiger partial charge in [-0.1, -0.05) is 48.9 Å². The quantitative estimate of drug-likeness (QED) is 0.779. The monoisotopic (exact) mass is 274 g/mol. The fraction of sp³-hybridized carbons (Fsp3) is 0.188. The zero-order chi connectivity index (χ0) is 13.7. The van der Waals surface area contributed by atoms with Crippen LogP contribution >= 0.6 is 11.6 Å². The minimum Gasteiger partial charge on any atom is -0.457 e. The van der Waals surface area contributed by atoms with Gasteiger partial charge in [-0.25, -0.2) is 4.79 Å². The van der Waals surface area contributed by atoms with E-state index in [1.807, 2.05) is 37.3 Å². The van der Waals surface area contributed by atoms with Crippen molar-refractivity contribution in [2.24, 2.45) is 0 Å². The molecule has 0 fully saturated rings. The SMILES string of the molecule is CCc1cc(C(=O)OCc2ccccc2)ccc1Cl. The summed E-state index contributed by atoms with van der Waals surface area (Å²) in [5.41, 5.74) is 2.47. The van der Waals surface area contributed by atoms with E-state index in [2.05, 4.69) is 0 Å².